The van der Waals surface area contributed by atoms with E-state index in [4.69, 9.17) is 9.05 Å². The van der Waals surface area contributed by atoms with Crippen molar-refractivity contribution in [3.8, 4) is 5.75 Å². The van der Waals surface area contributed by atoms with Crippen molar-refractivity contribution >= 4 is 13.4 Å². The molecule has 8 heteroatoms. The number of rotatable bonds is 7. The van der Waals surface area contributed by atoms with Crippen LogP contribution in [0.1, 0.15) is 26.3 Å². The van der Waals surface area contributed by atoms with E-state index in [0.29, 0.717) is 5.56 Å². The average molecular weight is 302 g/mol. The van der Waals surface area contributed by atoms with Gasteiger partial charge in [0.05, 0.1) is 17.1 Å². The minimum Gasteiger partial charge on any atom is -0.413 e. The standard InChI is InChI=1S/C12H19N2O5P/c1-5-18-20(17,13-9(2)3)19-12-8-6-7-11(10(12)4)14(15)16/h6-9H,5H2,1-4H3,(H,13,17). The fraction of sp³-hybridized carbons (Fsp3) is 0.500. The molecule has 0 bridgehead atoms. The first kappa shape index (κ1) is 16.6. The molecular formula is C12H19N2O5P. The van der Waals surface area contributed by atoms with Gasteiger partial charge in [0.15, 0.2) is 0 Å². The molecule has 0 spiro atoms. The number of nitrogens with zero attached hydrogens (tertiary/aromatic N) is 1. The summed E-state index contributed by atoms with van der Waals surface area (Å²) in [5, 5.41) is 13.6. The second-order valence-electron chi connectivity index (χ2n) is 4.45. The van der Waals surface area contributed by atoms with Gasteiger partial charge in [-0.2, -0.15) is 0 Å². The fourth-order valence-corrected chi connectivity index (χ4v) is 3.21. The molecule has 1 atom stereocenters. The van der Waals surface area contributed by atoms with Crippen LogP contribution >= 0.6 is 7.75 Å². The number of nitro benzene ring substituents is 1. The Balaban J connectivity index is 3.09. The van der Waals surface area contributed by atoms with Crippen molar-refractivity contribution in [2.24, 2.45) is 0 Å². The third-order valence-corrected chi connectivity index (χ3v) is 4.25. The van der Waals surface area contributed by atoms with Gasteiger partial charge in [0.1, 0.15) is 5.75 Å². The maximum Gasteiger partial charge on any atom is 0.458 e. The maximum absolute atomic E-state index is 12.5. The summed E-state index contributed by atoms with van der Waals surface area (Å²) in [6, 6.07) is 4.25. The van der Waals surface area contributed by atoms with Gasteiger partial charge >= 0.3 is 7.75 Å². The van der Waals surface area contributed by atoms with Crippen LogP contribution in [0.2, 0.25) is 0 Å². The lowest BCUT2D eigenvalue weighted by molar-refractivity contribution is -0.385. The van der Waals surface area contributed by atoms with Gasteiger partial charge in [-0.05, 0) is 33.8 Å². The molecule has 0 aromatic heterocycles. The van der Waals surface area contributed by atoms with E-state index < -0.39 is 12.7 Å². The first-order chi connectivity index (χ1) is 9.29. The Morgan fingerprint density at radius 1 is 1.45 bits per heavy atom. The Morgan fingerprint density at radius 2 is 2.10 bits per heavy atom. The monoisotopic (exact) mass is 302 g/mol. The molecule has 1 aromatic carbocycles. The van der Waals surface area contributed by atoms with Crippen LogP contribution in [0.5, 0.6) is 5.75 Å². The molecule has 1 unspecified atom stereocenters. The van der Waals surface area contributed by atoms with Gasteiger partial charge in [0.25, 0.3) is 5.69 Å². The molecule has 1 aromatic rings. The molecule has 1 N–H and O–H groups in total. The fourth-order valence-electron chi connectivity index (χ4n) is 1.61. The predicted molar refractivity (Wildman–Crippen MR) is 76.0 cm³/mol. The molecule has 0 aliphatic rings. The normalized spacial score (nSPS) is 14.1. The van der Waals surface area contributed by atoms with Crippen LogP contribution in [0.15, 0.2) is 18.2 Å². The Kier molecular flexibility index (Phi) is 5.68. The molecule has 0 saturated carbocycles. The second kappa shape index (κ2) is 6.83. The molecule has 0 aliphatic heterocycles. The molecule has 1 rings (SSSR count). The summed E-state index contributed by atoms with van der Waals surface area (Å²) >= 11 is 0. The van der Waals surface area contributed by atoms with Crippen molar-refractivity contribution in [1.82, 2.24) is 5.09 Å². The van der Waals surface area contributed by atoms with E-state index in [1.165, 1.54) is 18.2 Å². The van der Waals surface area contributed by atoms with Gasteiger partial charge in [0.2, 0.25) is 0 Å². The molecule has 7 nitrogen and oxygen atoms in total. The molecule has 0 heterocycles. The van der Waals surface area contributed by atoms with Crippen molar-refractivity contribution < 1.29 is 18.5 Å². The smallest absolute Gasteiger partial charge is 0.413 e. The Hall–Kier alpha value is -1.43. The van der Waals surface area contributed by atoms with Crippen molar-refractivity contribution in [3.63, 3.8) is 0 Å². The van der Waals surface area contributed by atoms with Gasteiger partial charge < -0.3 is 4.52 Å². The lowest BCUT2D eigenvalue weighted by Crippen LogP contribution is -2.23. The van der Waals surface area contributed by atoms with Crippen LogP contribution in [0.4, 0.5) is 5.69 Å². The quantitative estimate of drug-likeness (QED) is 0.471. The molecule has 0 radical (unpaired) electrons. The average Bonchev–Trinajstić information content (AvgIpc) is 2.30. The summed E-state index contributed by atoms with van der Waals surface area (Å²) in [4.78, 5) is 10.4. The van der Waals surface area contributed by atoms with Crippen LogP contribution in [0.25, 0.3) is 0 Å². The zero-order chi connectivity index (χ0) is 15.3. The number of benzene rings is 1. The van der Waals surface area contributed by atoms with Crippen molar-refractivity contribution in [3.05, 3.63) is 33.9 Å². The zero-order valence-electron chi connectivity index (χ0n) is 12.0. The van der Waals surface area contributed by atoms with Crippen LogP contribution in [-0.4, -0.2) is 17.6 Å². The van der Waals surface area contributed by atoms with Crippen molar-refractivity contribution in [2.75, 3.05) is 6.61 Å². The van der Waals surface area contributed by atoms with Crippen molar-refractivity contribution in [1.29, 1.82) is 0 Å². The van der Waals surface area contributed by atoms with Crippen LogP contribution in [0.3, 0.4) is 0 Å². The third kappa shape index (κ3) is 4.30. The molecule has 0 fully saturated rings. The minimum absolute atomic E-state index is 0.0879. The highest BCUT2D eigenvalue weighted by Gasteiger charge is 2.28. The van der Waals surface area contributed by atoms with Gasteiger partial charge in [0, 0.05) is 12.1 Å². The zero-order valence-corrected chi connectivity index (χ0v) is 12.8. The Morgan fingerprint density at radius 3 is 2.60 bits per heavy atom. The summed E-state index contributed by atoms with van der Waals surface area (Å²) in [6.07, 6.45) is 0. The highest BCUT2D eigenvalue weighted by Crippen LogP contribution is 2.46. The summed E-state index contributed by atoms with van der Waals surface area (Å²) in [7, 11) is -3.55. The van der Waals surface area contributed by atoms with E-state index >= 15 is 0 Å². The van der Waals surface area contributed by atoms with E-state index in [2.05, 4.69) is 5.09 Å². The number of nitro groups is 1. The molecule has 0 saturated heterocycles. The second-order valence-corrected chi connectivity index (χ2v) is 6.14. The maximum atomic E-state index is 12.5. The summed E-state index contributed by atoms with van der Waals surface area (Å²) in [6.45, 7) is 7.03. The summed E-state index contributed by atoms with van der Waals surface area (Å²) in [5.41, 5.74) is 0.220. The van der Waals surface area contributed by atoms with E-state index in [-0.39, 0.29) is 24.1 Å². The minimum atomic E-state index is -3.55. The van der Waals surface area contributed by atoms with Crippen molar-refractivity contribution in [2.45, 2.75) is 33.7 Å². The molecule has 0 aliphatic carbocycles. The molecule has 112 valence electrons. The number of hydrogen-bond acceptors (Lipinski definition) is 5. The number of nitrogens with one attached hydrogen (secondary N) is 1. The highest BCUT2D eigenvalue weighted by molar-refractivity contribution is 7.52. The van der Waals surface area contributed by atoms with Gasteiger partial charge in [-0.15, -0.1) is 0 Å². The van der Waals surface area contributed by atoms with Crippen LogP contribution in [-0.2, 0) is 9.09 Å². The van der Waals surface area contributed by atoms with Gasteiger partial charge in [-0.1, -0.05) is 6.07 Å². The van der Waals surface area contributed by atoms with E-state index in [1.54, 1.807) is 27.7 Å². The van der Waals surface area contributed by atoms with E-state index in [9.17, 15) is 14.7 Å². The third-order valence-electron chi connectivity index (χ3n) is 2.39. The molecular weight excluding hydrogens is 283 g/mol. The molecule has 0 amide bonds. The first-order valence-corrected chi connectivity index (χ1v) is 7.79. The topological polar surface area (TPSA) is 90.7 Å². The largest absolute Gasteiger partial charge is 0.458 e. The SMILES string of the molecule is CCOP(=O)(NC(C)C)Oc1cccc([N+](=O)[O-])c1C. The summed E-state index contributed by atoms with van der Waals surface area (Å²) < 4.78 is 23.0. The lowest BCUT2D eigenvalue weighted by atomic mass is 10.2. The van der Waals surface area contributed by atoms with Gasteiger partial charge in [-0.25, -0.2) is 9.65 Å². The van der Waals surface area contributed by atoms with Crippen LogP contribution in [0, 0.1) is 17.0 Å². The predicted octanol–water partition coefficient (Wildman–Crippen LogP) is 3.42. The van der Waals surface area contributed by atoms with E-state index in [0.717, 1.165) is 0 Å². The highest BCUT2D eigenvalue weighted by atomic mass is 31.2. The summed E-state index contributed by atoms with van der Waals surface area (Å²) in [5.74, 6) is 0.170. The van der Waals surface area contributed by atoms with Crippen LogP contribution < -0.4 is 9.61 Å². The van der Waals surface area contributed by atoms with Gasteiger partial charge in [-0.3, -0.25) is 14.6 Å². The number of hydrogen-bond donors (Lipinski definition) is 1. The lowest BCUT2D eigenvalue weighted by Gasteiger charge is -2.21. The Bertz CT molecular complexity index is 533. The Labute approximate surface area is 118 Å². The molecule has 20 heavy (non-hydrogen) atoms. The first-order valence-electron chi connectivity index (χ1n) is 6.25. The van der Waals surface area contributed by atoms with E-state index in [1.807, 2.05) is 0 Å².